The third-order valence-corrected chi connectivity index (χ3v) is 4.84. The van der Waals surface area contributed by atoms with Crippen LogP contribution in [0.15, 0.2) is 47.5 Å². The molecule has 136 valence electrons. The lowest BCUT2D eigenvalue weighted by molar-refractivity contribution is 0.761. The third kappa shape index (κ3) is 3.85. The first-order valence-electron chi connectivity index (χ1n) is 8.80. The minimum atomic E-state index is 0. The maximum atomic E-state index is 6.05. The van der Waals surface area contributed by atoms with Crippen LogP contribution in [0.5, 0.6) is 0 Å². The summed E-state index contributed by atoms with van der Waals surface area (Å²) in [6.07, 6.45) is 4.38. The van der Waals surface area contributed by atoms with Gasteiger partial charge in [-0.25, -0.2) is 0 Å². The van der Waals surface area contributed by atoms with E-state index in [2.05, 4.69) is 45.7 Å². The highest BCUT2D eigenvalue weighted by molar-refractivity contribution is 14.0. The molecule has 0 atom stereocenters. The van der Waals surface area contributed by atoms with Crippen LogP contribution in [0, 0.1) is 0 Å². The normalized spacial score (nSPS) is 13.5. The smallest absolute Gasteiger partial charge is 0.193 e. The number of halogens is 1. The molecule has 6 heteroatoms. The lowest BCUT2D eigenvalue weighted by Gasteiger charge is -2.07. The molecule has 0 radical (unpaired) electrons. The average Bonchev–Trinajstić information content (AvgIpc) is 3.20. The second kappa shape index (κ2) is 8.07. The van der Waals surface area contributed by atoms with Gasteiger partial charge in [-0.05, 0) is 48.6 Å². The first-order chi connectivity index (χ1) is 12.2. The van der Waals surface area contributed by atoms with E-state index in [0.717, 1.165) is 29.7 Å². The zero-order valence-corrected chi connectivity index (χ0v) is 17.2. The van der Waals surface area contributed by atoms with Gasteiger partial charge in [0.05, 0.1) is 11.2 Å². The molecule has 3 N–H and O–H groups in total. The standard InChI is InChI=1S/C20H23N5.HI/c1-25-19-8-3-2-7-17(19)18(24-25)11-12-22-20(21)23-16-10-9-14-5-4-6-15(14)13-16;/h2-3,7-10,13H,4-6,11-12H2,1H3,(H3,21,22,23);1H. The average molecular weight is 461 g/mol. The number of para-hydroxylation sites is 1. The van der Waals surface area contributed by atoms with Crippen LogP contribution in [0.4, 0.5) is 5.69 Å². The molecular formula is C20H24IN5. The number of nitrogens with two attached hydrogens (primary N) is 1. The zero-order chi connectivity index (χ0) is 17.2. The van der Waals surface area contributed by atoms with Crippen molar-refractivity contribution in [2.24, 2.45) is 17.8 Å². The summed E-state index contributed by atoms with van der Waals surface area (Å²) in [5.41, 5.74) is 12.2. The highest BCUT2D eigenvalue weighted by Gasteiger charge is 2.11. The minimum absolute atomic E-state index is 0. The van der Waals surface area contributed by atoms with Crippen molar-refractivity contribution in [1.82, 2.24) is 9.78 Å². The molecule has 1 aliphatic carbocycles. The van der Waals surface area contributed by atoms with Crippen LogP contribution in [0.3, 0.4) is 0 Å². The van der Waals surface area contributed by atoms with E-state index in [-0.39, 0.29) is 24.0 Å². The van der Waals surface area contributed by atoms with Crippen molar-refractivity contribution in [2.45, 2.75) is 25.7 Å². The number of aliphatic imine (C=N–C) groups is 1. The summed E-state index contributed by atoms with van der Waals surface area (Å²) in [6, 6.07) is 14.7. The Hall–Kier alpha value is -2.09. The number of rotatable bonds is 4. The van der Waals surface area contributed by atoms with E-state index >= 15 is 0 Å². The van der Waals surface area contributed by atoms with Gasteiger partial charge in [-0.1, -0.05) is 24.3 Å². The minimum Gasteiger partial charge on any atom is -0.370 e. The topological polar surface area (TPSA) is 68.2 Å². The number of aromatic nitrogens is 2. The molecule has 1 aromatic heterocycles. The monoisotopic (exact) mass is 461 g/mol. The fraction of sp³-hybridized carbons (Fsp3) is 0.300. The number of hydrogen-bond donors (Lipinski definition) is 2. The second-order valence-electron chi connectivity index (χ2n) is 6.57. The van der Waals surface area contributed by atoms with Crippen LogP contribution in [-0.2, 0) is 26.3 Å². The van der Waals surface area contributed by atoms with Crippen molar-refractivity contribution in [3.05, 3.63) is 59.3 Å². The molecule has 0 saturated carbocycles. The number of nitrogens with zero attached hydrogens (tertiary/aromatic N) is 3. The van der Waals surface area contributed by atoms with Gasteiger partial charge in [0, 0.05) is 31.1 Å². The summed E-state index contributed by atoms with van der Waals surface area (Å²) in [5, 5.41) is 8.98. The summed E-state index contributed by atoms with van der Waals surface area (Å²) in [7, 11) is 1.97. The van der Waals surface area contributed by atoms with Gasteiger partial charge in [-0.15, -0.1) is 24.0 Å². The Balaban J connectivity index is 0.00000196. The number of benzene rings is 2. The predicted octanol–water partition coefficient (Wildman–Crippen LogP) is 3.65. The van der Waals surface area contributed by atoms with Crippen molar-refractivity contribution >= 4 is 46.5 Å². The number of aryl methyl sites for hydroxylation is 3. The molecule has 0 fully saturated rings. The van der Waals surface area contributed by atoms with E-state index in [1.165, 1.54) is 29.4 Å². The highest BCUT2D eigenvalue weighted by atomic mass is 127. The molecular weight excluding hydrogens is 437 g/mol. The van der Waals surface area contributed by atoms with Crippen LogP contribution in [-0.4, -0.2) is 22.3 Å². The Labute approximate surface area is 170 Å². The summed E-state index contributed by atoms with van der Waals surface area (Å²) in [6.45, 7) is 0.616. The van der Waals surface area contributed by atoms with Gasteiger partial charge in [0.25, 0.3) is 0 Å². The number of fused-ring (bicyclic) bond motifs is 2. The highest BCUT2D eigenvalue weighted by Crippen LogP contribution is 2.24. The van der Waals surface area contributed by atoms with Crippen molar-refractivity contribution in [3.63, 3.8) is 0 Å². The molecule has 4 rings (SSSR count). The maximum absolute atomic E-state index is 6.05. The first-order valence-corrected chi connectivity index (χ1v) is 8.80. The van der Waals surface area contributed by atoms with E-state index in [9.17, 15) is 0 Å². The van der Waals surface area contributed by atoms with Crippen molar-refractivity contribution in [2.75, 3.05) is 11.9 Å². The molecule has 3 aromatic rings. The van der Waals surface area contributed by atoms with Gasteiger partial charge in [-0.3, -0.25) is 9.67 Å². The van der Waals surface area contributed by atoms with E-state index < -0.39 is 0 Å². The molecule has 0 bridgehead atoms. The van der Waals surface area contributed by atoms with Gasteiger partial charge in [0.1, 0.15) is 0 Å². The molecule has 5 nitrogen and oxygen atoms in total. The van der Waals surface area contributed by atoms with E-state index in [1.54, 1.807) is 0 Å². The predicted molar refractivity (Wildman–Crippen MR) is 118 cm³/mol. The second-order valence-corrected chi connectivity index (χ2v) is 6.57. The maximum Gasteiger partial charge on any atom is 0.193 e. The van der Waals surface area contributed by atoms with Crippen LogP contribution in [0.1, 0.15) is 23.2 Å². The van der Waals surface area contributed by atoms with Gasteiger partial charge < -0.3 is 11.1 Å². The van der Waals surface area contributed by atoms with Crippen molar-refractivity contribution in [1.29, 1.82) is 0 Å². The van der Waals surface area contributed by atoms with E-state index in [4.69, 9.17) is 5.73 Å². The summed E-state index contributed by atoms with van der Waals surface area (Å²) in [5.74, 6) is 0.457. The Morgan fingerprint density at radius 1 is 1.19 bits per heavy atom. The van der Waals surface area contributed by atoms with Crippen LogP contribution < -0.4 is 11.1 Å². The first kappa shape index (κ1) is 18.7. The molecule has 1 aliphatic rings. The number of guanidine groups is 1. The van der Waals surface area contributed by atoms with E-state index in [0.29, 0.717) is 12.5 Å². The van der Waals surface area contributed by atoms with Gasteiger partial charge in [0.15, 0.2) is 5.96 Å². The molecule has 1 heterocycles. The lowest BCUT2D eigenvalue weighted by atomic mass is 10.1. The van der Waals surface area contributed by atoms with Crippen LogP contribution in [0.25, 0.3) is 10.9 Å². The molecule has 0 unspecified atom stereocenters. The van der Waals surface area contributed by atoms with Crippen molar-refractivity contribution in [3.8, 4) is 0 Å². The van der Waals surface area contributed by atoms with Crippen molar-refractivity contribution < 1.29 is 0 Å². The molecule has 0 amide bonds. The molecule has 0 aliphatic heterocycles. The summed E-state index contributed by atoms with van der Waals surface area (Å²) < 4.78 is 1.92. The molecule has 2 aromatic carbocycles. The number of hydrogen-bond acceptors (Lipinski definition) is 2. The Bertz CT molecular complexity index is 945. The van der Waals surface area contributed by atoms with Gasteiger partial charge >= 0.3 is 0 Å². The SMILES string of the molecule is Cn1nc(CCN=C(N)Nc2ccc3c(c2)CCC3)c2ccccc21.I. The molecule has 26 heavy (non-hydrogen) atoms. The largest absolute Gasteiger partial charge is 0.370 e. The lowest BCUT2D eigenvalue weighted by Crippen LogP contribution is -2.23. The Morgan fingerprint density at radius 2 is 2.00 bits per heavy atom. The van der Waals surface area contributed by atoms with Crippen LogP contribution in [0.2, 0.25) is 0 Å². The quantitative estimate of drug-likeness (QED) is 0.354. The number of nitrogens with one attached hydrogen (secondary N) is 1. The Kier molecular flexibility index (Phi) is 5.80. The fourth-order valence-corrected chi connectivity index (χ4v) is 3.59. The number of anilines is 1. The Morgan fingerprint density at radius 3 is 2.88 bits per heavy atom. The van der Waals surface area contributed by atoms with Gasteiger partial charge in [-0.2, -0.15) is 5.10 Å². The molecule has 0 spiro atoms. The zero-order valence-electron chi connectivity index (χ0n) is 14.9. The van der Waals surface area contributed by atoms with Gasteiger partial charge in [0.2, 0.25) is 0 Å². The molecule has 0 saturated heterocycles. The van der Waals surface area contributed by atoms with E-state index in [1.807, 2.05) is 23.9 Å². The third-order valence-electron chi connectivity index (χ3n) is 4.84. The van der Waals surface area contributed by atoms with Crippen LogP contribution >= 0.6 is 24.0 Å². The fourth-order valence-electron chi connectivity index (χ4n) is 3.59. The summed E-state index contributed by atoms with van der Waals surface area (Å²) >= 11 is 0. The summed E-state index contributed by atoms with van der Waals surface area (Å²) in [4.78, 5) is 4.46.